The van der Waals surface area contributed by atoms with E-state index in [9.17, 15) is 0 Å². The molecule has 2 aliphatic carbocycles. The molecule has 0 aromatic rings. The summed E-state index contributed by atoms with van der Waals surface area (Å²) < 4.78 is 18.9. The molecule has 3 unspecified atom stereocenters. The summed E-state index contributed by atoms with van der Waals surface area (Å²) in [5.41, 5.74) is -0.216. The summed E-state index contributed by atoms with van der Waals surface area (Å²) in [4.78, 5) is 0. The molecule has 0 aromatic carbocycles. The largest absolute Gasteiger partial charge is 0.369 e. The van der Waals surface area contributed by atoms with Crippen LogP contribution in [0.2, 0.25) is 0 Å². The number of unbranched alkanes of at least 4 members (excludes halogenated alkanes) is 2. The fourth-order valence-corrected chi connectivity index (χ4v) is 4.53. The second kappa shape index (κ2) is 6.39. The number of allylic oxidation sites excluding steroid dienone is 1. The van der Waals surface area contributed by atoms with Gasteiger partial charge in [-0.2, -0.15) is 0 Å². The van der Waals surface area contributed by atoms with Crippen molar-refractivity contribution in [2.45, 2.75) is 70.2 Å². The van der Waals surface area contributed by atoms with Gasteiger partial charge in [0.1, 0.15) is 5.60 Å². The van der Waals surface area contributed by atoms with Crippen LogP contribution in [0.5, 0.6) is 0 Å². The molecule has 1 saturated carbocycles. The molecule has 3 nitrogen and oxygen atoms in total. The summed E-state index contributed by atoms with van der Waals surface area (Å²) in [6, 6.07) is 0. The van der Waals surface area contributed by atoms with Crippen molar-refractivity contribution in [1.29, 1.82) is 0 Å². The zero-order chi connectivity index (χ0) is 14.8. The van der Waals surface area contributed by atoms with Gasteiger partial charge in [0.25, 0.3) is 0 Å². The first-order chi connectivity index (χ1) is 10.3. The van der Waals surface area contributed by atoms with Gasteiger partial charge in [-0.25, -0.2) is 0 Å². The third-order valence-electron chi connectivity index (χ3n) is 5.52. The van der Waals surface area contributed by atoms with Crippen LogP contribution in [0.25, 0.3) is 0 Å². The fourth-order valence-electron chi connectivity index (χ4n) is 4.53. The molecule has 1 saturated heterocycles. The Morgan fingerprint density at radius 3 is 2.62 bits per heavy atom. The van der Waals surface area contributed by atoms with E-state index in [-0.39, 0.29) is 5.60 Å². The molecule has 3 aliphatic rings. The Morgan fingerprint density at radius 1 is 1.14 bits per heavy atom. The lowest BCUT2D eigenvalue weighted by Crippen LogP contribution is -2.77. The molecule has 0 aromatic heterocycles. The van der Waals surface area contributed by atoms with Gasteiger partial charge in [-0.15, -0.1) is 0 Å². The zero-order valence-electron chi connectivity index (χ0n) is 13.6. The van der Waals surface area contributed by atoms with Crippen LogP contribution in [0, 0.1) is 11.8 Å². The van der Waals surface area contributed by atoms with E-state index in [0.717, 1.165) is 39.1 Å². The Bertz CT molecular complexity index is 373. The lowest BCUT2D eigenvalue weighted by Gasteiger charge is -2.65. The molecule has 2 fully saturated rings. The van der Waals surface area contributed by atoms with Crippen molar-refractivity contribution in [3.63, 3.8) is 0 Å². The van der Waals surface area contributed by atoms with E-state index in [1.807, 2.05) is 0 Å². The SMILES string of the molecule is CCCCOC12CCC=CC1C(CCCC)C21OCCO1. The predicted molar refractivity (Wildman–Crippen MR) is 83.1 cm³/mol. The Labute approximate surface area is 129 Å². The van der Waals surface area contributed by atoms with Crippen LogP contribution in [-0.2, 0) is 14.2 Å². The van der Waals surface area contributed by atoms with E-state index in [2.05, 4.69) is 26.0 Å². The molecule has 0 bridgehead atoms. The molecule has 1 heterocycles. The van der Waals surface area contributed by atoms with Crippen LogP contribution in [-0.4, -0.2) is 31.2 Å². The molecule has 0 radical (unpaired) electrons. The van der Waals surface area contributed by atoms with Crippen molar-refractivity contribution in [3.05, 3.63) is 12.2 Å². The number of hydrogen-bond acceptors (Lipinski definition) is 3. The van der Waals surface area contributed by atoms with Crippen molar-refractivity contribution >= 4 is 0 Å². The van der Waals surface area contributed by atoms with Gasteiger partial charge < -0.3 is 14.2 Å². The molecular formula is C18H30O3. The highest BCUT2D eigenvalue weighted by Crippen LogP contribution is 2.64. The molecule has 3 heteroatoms. The van der Waals surface area contributed by atoms with Gasteiger partial charge in [0.15, 0.2) is 0 Å². The number of fused-ring (bicyclic) bond motifs is 2. The van der Waals surface area contributed by atoms with Crippen molar-refractivity contribution in [3.8, 4) is 0 Å². The highest BCUT2D eigenvalue weighted by atomic mass is 16.8. The minimum atomic E-state index is -0.453. The maximum absolute atomic E-state index is 6.46. The third kappa shape index (κ3) is 2.29. The molecule has 1 spiro atoms. The molecule has 1 aliphatic heterocycles. The zero-order valence-corrected chi connectivity index (χ0v) is 13.6. The second-order valence-corrected chi connectivity index (χ2v) is 6.70. The first-order valence-electron chi connectivity index (χ1n) is 8.89. The Balaban J connectivity index is 1.82. The summed E-state index contributed by atoms with van der Waals surface area (Å²) in [6.07, 6.45) is 12.8. The van der Waals surface area contributed by atoms with E-state index in [0.29, 0.717) is 11.8 Å². The third-order valence-corrected chi connectivity index (χ3v) is 5.52. The lowest BCUT2D eigenvalue weighted by atomic mass is 9.51. The molecule has 120 valence electrons. The van der Waals surface area contributed by atoms with Crippen LogP contribution in [0.1, 0.15) is 58.8 Å². The number of hydrogen-bond donors (Lipinski definition) is 0. The van der Waals surface area contributed by atoms with Gasteiger partial charge in [0.05, 0.1) is 13.2 Å². The average Bonchev–Trinajstić information content (AvgIpc) is 3.01. The van der Waals surface area contributed by atoms with Crippen LogP contribution in [0.3, 0.4) is 0 Å². The van der Waals surface area contributed by atoms with Crippen LogP contribution < -0.4 is 0 Å². The molecule has 0 amide bonds. The molecule has 21 heavy (non-hydrogen) atoms. The summed E-state index contributed by atoms with van der Waals surface area (Å²) >= 11 is 0. The van der Waals surface area contributed by atoms with Crippen molar-refractivity contribution in [2.24, 2.45) is 11.8 Å². The summed E-state index contributed by atoms with van der Waals surface area (Å²) in [5, 5.41) is 0. The van der Waals surface area contributed by atoms with Gasteiger partial charge in [0, 0.05) is 18.4 Å². The molecular weight excluding hydrogens is 264 g/mol. The van der Waals surface area contributed by atoms with E-state index in [4.69, 9.17) is 14.2 Å². The Kier molecular flexibility index (Phi) is 4.72. The molecule has 3 atom stereocenters. The molecule has 3 rings (SSSR count). The van der Waals surface area contributed by atoms with Gasteiger partial charge >= 0.3 is 0 Å². The van der Waals surface area contributed by atoms with Crippen molar-refractivity contribution < 1.29 is 14.2 Å². The van der Waals surface area contributed by atoms with E-state index >= 15 is 0 Å². The first-order valence-corrected chi connectivity index (χ1v) is 8.89. The quantitative estimate of drug-likeness (QED) is 0.523. The highest BCUT2D eigenvalue weighted by molar-refractivity contribution is 5.26. The maximum Gasteiger partial charge on any atom is 0.201 e. The van der Waals surface area contributed by atoms with Gasteiger partial charge in [-0.3, -0.25) is 0 Å². The minimum Gasteiger partial charge on any atom is -0.369 e. The number of rotatable bonds is 7. The Morgan fingerprint density at radius 2 is 1.90 bits per heavy atom. The monoisotopic (exact) mass is 294 g/mol. The average molecular weight is 294 g/mol. The molecule has 0 N–H and O–H groups in total. The van der Waals surface area contributed by atoms with Gasteiger partial charge in [-0.1, -0.05) is 45.3 Å². The number of ether oxygens (including phenoxy) is 3. The predicted octanol–water partition coefficient (Wildman–Crippen LogP) is 4.07. The fraction of sp³-hybridized carbons (Fsp3) is 0.889. The first kappa shape index (κ1) is 15.5. The summed E-state index contributed by atoms with van der Waals surface area (Å²) in [5.74, 6) is 0.497. The standard InChI is InChI=1S/C18H30O3/c1-3-5-9-16-15-10-7-8-11-17(15,19-12-6-4-2)18(16)20-13-14-21-18/h7,10,15-16H,3-6,8-9,11-14H2,1-2H3. The van der Waals surface area contributed by atoms with Gasteiger partial charge in [0.2, 0.25) is 5.79 Å². The van der Waals surface area contributed by atoms with Crippen LogP contribution in [0.15, 0.2) is 12.2 Å². The normalized spacial score (nSPS) is 36.7. The minimum absolute atomic E-state index is 0.216. The smallest absolute Gasteiger partial charge is 0.201 e. The Hall–Kier alpha value is -0.380. The van der Waals surface area contributed by atoms with E-state index in [1.165, 1.54) is 25.7 Å². The van der Waals surface area contributed by atoms with Gasteiger partial charge in [-0.05, 0) is 25.7 Å². The topological polar surface area (TPSA) is 27.7 Å². The highest BCUT2D eigenvalue weighted by Gasteiger charge is 2.75. The van der Waals surface area contributed by atoms with Crippen molar-refractivity contribution in [1.82, 2.24) is 0 Å². The van der Waals surface area contributed by atoms with Crippen LogP contribution >= 0.6 is 0 Å². The second-order valence-electron chi connectivity index (χ2n) is 6.70. The van der Waals surface area contributed by atoms with E-state index < -0.39 is 5.79 Å². The van der Waals surface area contributed by atoms with Crippen molar-refractivity contribution in [2.75, 3.05) is 19.8 Å². The lowest BCUT2D eigenvalue weighted by molar-refractivity contribution is -0.399. The summed E-state index contributed by atoms with van der Waals surface area (Å²) in [6.45, 7) is 6.73. The summed E-state index contributed by atoms with van der Waals surface area (Å²) in [7, 11) is 0. The maximum atomic E-state index is 6.46. The van der Waals surface area contributed by atoms with Crippen LogP contribution in [0.4, 0.5) is 0 Å². The van der Waals surface area contributed by atoms with E-state index in [1.54, 1.807) is 0 Å².